The fourth-order valence-corrected chi connectivity index (χ4v) is 5.51. The molecule has 1 aliphatic carbocycles. The predicted octanol–water partition coefficient (Wildman–Crippen LogP) is 2.99. The monoisotopic (exact) mass is 317 g/mol. The van der Waals surface area contributed by atoms with E-state index in [9.17, 15) is 12.8 Å². The van der Waals surface area contributed by atoms with Gasteiger partial charge in [0.25, 0.3) is 0 Å². The molecule has 2 aliphatic rings. The lowest BCUT2D eigenvalue weighted by atomic mass is 10.0. The molecule has 0 N–H and O–H groups in total. The van der Waals surface area contributed by atoms with Crippen molar-refractivity contribution in [3.05, 3.63) is 29.6 Å². The molecule has 1 aromatic carbocycles. The molecule has 20 heavy (non-hydrogen) atoms. The molecule has 0 spiro atoms. The van der Waals surface area contributed by atoms with E-state index in [2.05, 4.69) is 0 Å². The highest BCUT2D eigenvalue weighted by atomic mass is 35.5. The standard InChI is InChI=1S/C14H17ClFNO2S/c15-7-10-4-5-13(16)6-14(10)20(18,19)17-8-11-2-1-3-12(11)9-17/h4-6,11-12H,1-3,7-9H2. The maximum atomic E-state index is 13.4. The van der Waals surface area contributed by atoms with Gasteiger partial charge in [-0.1, -0.05) is 12.5 Å². The Hall–Kier alpha value is -0.650. The van der Waals surface area contributed by atoms with Crippen LogP contribution in [0.25, 0.3) is 0 Å². The first-order valence-electron chi connectivity index (χ1n) is 6.87. The van der Waals surface area contributed by atoms with Crippen molar-refractivity contribution in [2.24, 2.45) is 11.8 Å². The molecule has 2 atom stereocenters. The van der Waals surface area contributed by atoms with E-state index in [1.54, 1.807) is 0 Å². The van der Waals surface area contributed by atoms with E-state index < -0.39 is 15.8 Å². The third-order valence-electron chi connectivity index (χ3n) is 4.48. The number of halogens is 2. The first kappa shape index (κ1) is 14.3. The molecule has 1 aliphatic heterocycles. The second kappa shape index (κ2) is 5.28. The van der Waals surface area contributed by atoms with Crippen LogP contribution in [0.4, 0.5) is 4.39 Å². The van der Waals surface area contributed by atoms with E-state index in [4.69, 9.17) is 11.6 Å². The van der Waals surface area contributed by atoms with Crippen molar-refractivity contribution < 1.29 is 12.8 Å². The molecule has 0 aromatic heterocycles. The van der Waals surface area contributed by atoms with Gasteiger partial charge < -0.3 is 0 Å². The van der Waals surface area contributed by atoms with Crippen molar-refractivity contribution in [3.8, 4) is 0 Å². The van der Waals surface area contributed by atoms with Crippen LogP contribution in [0, 0.1) is 17.7 Å². The van der Waals surface area contributed by atoms with Gasteiger partial charge >= 0.3 is 0 Å². The van der Waals surface area contributed by atoms with Crippen LogP contribution in [0.2, 0.25) is 0 Å². The number of hydrogen-bond donors (Lipinski definition) is 0. The summed E-state index contributed by atoms with van der Waals surface area (Å²) in [5, 5.41) is 0. The fourth-order valence-electron chi connectivity index (χ4n) is 3.41. The van der Waals surface area contributed by atoms with E-state index in [-0.39, 0.29) is 10.8 Å². The molecular weight excluding hydrogens is 301 g/mol. The lowest BCUT2D eigenvalue weighted by Gasteiger charge is -2.19. The molecule has 1 heterocycles. The summed E-state index contributed by atoms with van der Waals surface area (Å²) in [6.07, 6.45) is 3.39. The van der Waals surface area contributed by atoms with Crippen molar-refractivity contribution in [1.29, 1.82) is 0 Å². The van der Waals surface area contributed by atoms with E-state index in [0.29, 0.717) is 30.5 Å². The van der Waals surface area contributed by atoms with Gasteiger partial charge in [-0.2, -0.15) is 4.31 Å². The van der Waals surface area contributed by atoms with Crippen molar-refractivity contribution in [1.82, 2.24) is 4.31 Å². The van der Waals surface area contributed by atoms with Gasteiger partial charge in [0.15, 0.2) is 0 Å². The Morgan fingerprint density at radius 3 is 2.50 bits per heavy atom. The predicted molar refractivity (Wildman–Crippen MR) is 75.5 cm³/mol. The molecule has 6 heteroatoms. The first-order chi connectivity index (χ1) is 9.52. The Morgan fingerprint density at radius 2 is 1.90 bits per heavy atom. The minimum absolute atomic E-state index is 0.0208. The summed E-state index contributed by atoms with van der Waals surface area (Å²) < 4.78 is 40.3. The second-order valence-electron chi connectivity index (χ2n) is 5.66. The van der Waals surface area contributed by atoms with Gasteiger partial charge in [-0.15, -0.1) is 11.6 Å². The van der Waals surface area contributed by atoms with Gasteiger partial charge in [0.2, 0.25) is 10.0 Å². The van der Waals surface area contributed by atoms with Gasteiger partial charge in [-0.05, 0) is 42.4 Å². The number of alkyl halides is 1. The summed E-state index contributed by atoms with van der Waals surface area (Å²) in [4.78, 5) is 0.0208. The van der Waals surface area contributed by atoms with Crippen molar-refractivity contribution in [2.45, 2.75) is 30.0 Å². The molecule has 3 nitrogen and oxygen atoms in total. The molecule has 1 saturated carbocycles. The first-order valence-corrected chi connectivity index (χ1v) is 8.84. The Bertz CT molecular complexity index is 608. The van der Waals surface area contributed by atoms with Gasteiger partial charge in [0, 0.05) is 19.0 Å². The van der Waals surface area contributed by atoms with Gasteiger partial charge in [0.1, 0.15) is 5.82 Å². The van der Waals surface area contributed by atoms with Crippen LogP contribution >= 0.6 is 11.6 Å². The minimum atomic E-state index is -3.64. The maximum Gasteiger partial charge on any atom is 0.243 e. The highest BCUT2D eigenvalue weighted by Gasteiger charge is 2.41. The fraction of sp³-hybridized carbons (Fsp3) is 0.571. The zero-order valence-corrected chi connectivity index (χ0v) is 12.6. The Balaban J connectivity index is 1.94. The number of benzene rings is 1. The minimum Gasteiger partial charge on any atom is -0.207 e. The molecule has 0 radical (unpaired) electrons. The Morgan fingerprint density at radius 1 is 1.25 bits per heavy atom. The summed E-state index contributed by atoms with van der Waals surface area (Å²) in [5.41, 5.74) is 0.463. The highest BCUT2D eigenvalue weighted by Crippen LogP contribution is 2.40. The Labute approximate surface area is 123 Å². The van der Waals surface area contributed by atoms with Crippen molar-refractivity contribution in [3.63, 3.8) is 0 Å². The molecule has 1 saturated heterocycles. The molecule has 2 fully saturated rings. The zero-order valence-electron chi connectivity index (χ0n) is 11.1. The van der Waals surface area contributed by atoms with E-state index in [1.807, 2.05) is 0 Å². The summed E-state index contributed by atoms with van der Waals surface area (Å²) in [6, 6.07) is 3.78. The summed E-state index contributed by atoms with van der Waals surface area (Å²) >= 11 is 5.79. The van der Waals surface area contributed by atoms with Crippen LogP contribution in [-0.2, 0) is 15.9 Å². The molecule has 3 rings (SSSR count). The number of nitrogens with zero attached hydrogens (tertiary/aromatic N) is 1. The molecule has 0 amide bonds. The number of rotatable bonds is 3. The average Bonchev–Trinajstić information content (AvgIpc) is 2.99. The van der Waals surface area contributed by atoms with Crippen LogP contribution in [0.1, 0.15) is 24.8 Å². The quantitative estimate of drug-likeness (QED) is 0.804. The summed E-state index contributed by atoms with van der Waals surface area (Å²) in [6.45, 7) is 1.12. The van der Waals surface area contributed by atoms with Crippen molar-refractivity contribution >= 4 is 21.6 Å². The largest absolute Gasteiger partial charge is 0.243 e. The lowest BCUT2D eigenvalue weighted by Crippen LogP contribution is -2.30. The summed E-state index contributed by atoms with van der Waals surface area (Å²) in [7, 11) is -3.64. The molecule has 2 unspecified atom stereocenters. The highest BCUT2D eigenvalue weighted by molar-refractivity contribution is 7.89. The van der Waals surface area contributed by atoms with Gasteiger partial charge in [0.05, 0.1) is 4.90 Å². The smallest absolute Gasteiger partial charge is 0.207 e. The molecule has 1 aromatic rings. The topological polar surface area (TPSA) is 37.4 Å². The van der Waals surface area contributed by atoms with Crippen LogP contribution in [0.5, 0.6) is 0 Å². The number of sulfonamides is 1. The molecule has 110 valence electrons. The normalized spacial score (nSPS) is 26.9. The molecule has 0 bridgehead atoms. The van der Waals surface area contributed by atoms with E-state index >= 15 is 0 Å². The van der Waals surface area contributed by atoms with Gasteiger partial charge in [-0.3, -0.25) is 0 Å². The summed E-state index contributed by atoms with van der Waals surface area (Å²) in [5.74, 6) is 0.461. The van der Waals surface area contributed by atoms with E-state index in [1.165, 1.54) is 22.9 Å². The van der Waals surface area contributed by atoms with Crippen molar-refractivity contribution in [2.75, 3.05) is 13.1 Å². The number of hydrogen-bond acceptors (Lipinski definition) is 2. The third-order valence-corrected chi connectivity index (χ3v) is 6.69. The average molecular weight is 318 g/mol. The SMILES string of the molecule is O=S(=O)(c1cc(F)ccc1CCl)N1CC2CCCC2C1. The number of fused-ring (bicyclic) bond motifs is 1. The van der Waals surface area contributed by atoms with Crippen LogP contribution in [0.3, 0.4) is 0 Å². The van der Waals surface area contributed by atoms with E-state index in [0.717, 1.165) is 18.9 Å². The Kier molecular flexibility index (Phi) is 3.77. The second-order valence-corrected chi connectivity index (χ2v) is 7.83. The van der Waals surface area contributed by atoms with Crippen LogP contribution < -0.4 is 0 Å². The lowest BCUT2D eigenvalue weighted by molar-refractivity contribution is 0.444. The van der Waals surface area contributed by atoms with Crippen LogP contribution in [0.15, 0.2) is 23.1 Å². The third kappa shape index (κ3) is 2.36. The van der Waals surface area contributed by atoms with Crippen LogP contribution in [-0.4, -0.2) is 25.8 Å². The maximum absolute atomic E-state index is 13.4. The molecular formula is C14H17ClFNO2S. The zero-order chi connectivity index (χ0) is 14.3. The van der Waals surface area contributed by atoms with Gasteiger partial charge in [-0.25, -0.2) is 12.8 Å².